The minimum absolute atomic E-state index is 0.438. The third kappa shape index (κ3) is 2.57. The Balaban J connectivity index is 1.75. The lowest BCUT2D eigenvalue weighted by Crippen LogP contribution is -1.98. The molecule has 4 rings (SSSR count). The fourth-order valence-electron chi connectivity index (χ4n) is 2.38. The van der Waals surface area contributed by atoms with Gasteiger partial charge in [-0.2, -0.15) is 9.61 Å². The molecule has 0 N–H and O–H groups in total. The van der Waals surface area contributed by atoms with Gasteiger partial charge in [0.2, 0.25) is 0 Å². The van der Waals surface area contributed by atoms with E-state index in [1.54, 1.807) is 30.0 Å². The summed E-state index contributed by atoms with van der Waals surface area (Å²) in [7, 11) is 1.63. The topological polar surface area (TPSA) is 65.2 Å². The first kappa shape index (κ1) is 14.6. The number of benzene rings is 2. The maximum atomic E-state index is 5.92. The summed E-state index contributed by atoms with van der Waals surface area (Å²) in [6, 6.07) is 15.0. The molecule has 7 heteroatoms. The highest BCUT2D eigenvalue weighted by atomic mass is 35.5. The van der Waals surface area contributed by atoms with Gasteiger partial charge in [0, 0.05) is 16.1 Å². The van der Waals surface area contributed by atoms with E-state index in [2.05, 4.69) is 20.3 Å². The predicted molar refractivity (Wildman–Crippen MR) is 91.0 cm³/mol. The maximum absolute atomic E-state index is 5.92. The zero-order valence-electron chi connectivity index (χ0n) is 12.7. The van der Waals surface area contributed by atoms with Crippen molar-refractivity contribution in [2.75, 3.05) is 7.11 Å². The van der Waals surface area contributed by atoms with Crippen molar-refractivity contribution >= 4 is 17.4 Å². The summed E-state index contributed by atoms with van der Waals surface area (Å²) >= 11 is 5.92. The number of methoxy groups -OCH3 is 1. The Hall–Kier alpha value is -2.99. The number of fused-ring (bicyclic) bond motifs is 1. The van der Waals surface area contributed by atoms with Crippen molar-refractivity contribution in [3.63, 3.8) is 0 Å². The lowest BCUT2D eigenvalue weighted by molar-refractivity contribution is 0.415. The van der Waals surface area contributed by atoms with E-state index in [4.69, 9.17) is 16.3 Å². The lowest BCUT2D eigenvalue weighted by atomic mass is 10.1. The van der Waals surface area contributed by atoms with Crippen molar-refractivity contribution in [3.05, 3.63) is 59.8 Å². The van der Waals surface area contributed by atoms with Gasteiger partial charge in [0.15, 0.2) is 5.82 Å². The molecular weight excluding hydrogens is 326 g/mol. The van der Waals surface area contributed by atoms with Crippen LogP contribution in [-0.4, -0.2) is 31.9 Å². The molecule has 2 aromatic heterocycles. The summed E-state index contributed by atoms with van der Waals surface area (Å²) in [5.41, 5.74) is 2.53. The highest BCUT2D eigenvalue weighted by molar-refractivity contribution is 6.30. The van der Waals surface area contributed by atoms with Gasteiger partial charge in [-0.1, -0.05) is 11.6 Å². The van der Waals surface area contributed by atoms with Crippen LogP contribution in [0.5, 0.6) is 5.75 Å². The SMILES string of the molecule is COc1ccc(-c2cnn3c(-c4ccc(Cl)cc4)nnc3n2)cc1. The molecule has 0 bridgehead atoms. The van der Waals surface area contributed by atoms with Gasteiger partial charge in [-0.25, -0.2) is 4.98 Å². The highest BCUT2D eigenvalue weighted by Crippen LogP contribution is 2.22. The van der Waals surface area contributed by atoms with Crippen LogP contribution in [0.2, 0.25) is 5.02 Å². The molecule has 0 saturated carbocycles. The zero-order chi connectivity index (χ0) is 16.5. The average molecular weight is 338 g/mol. The summed E-state index contributed by atoms with van der Waals surface area (Å²) < 4.78 is 6.77. The first-order valence-corrected chi connectivity index (χ1v) is 7.61. The van der Waals surface area contributed by atoms with Crippen LogP contribution >= 0.6 is 11.6 Å². The first-order chi connectivity index (χ1) is 11.7. The number of nitrogens with zero attached hydrogens (tertiary/aromatic N) is 5. The van der Waals surface area contributed by atoms with Crippen molar-refractivity contribution in [1.29, 1.82) is 0 Å². The predicted octanol–water partition coefficient (Wildman–Crippen LogP) is 3.52. The molecule has 2 heterocycles. The molecule has 4 aromatic rings. The second-order valence-corrected chi connectivity index (χ2v) is 5.55. The average Bonchev–Trinajstić information content (AvgIpc) is 3.05. The van der Waals surface area contributed by atoms with E-state index in [1.807, 2.05) is 36.4 Å². The molecule has 24 heavy (non-hydrogen) atoms. The lowest BCUT2D eigenvalue weighted by Gasteiger charge is -2.03. The number of aromatic nitrogens is 5. The molecule has 0 atom stereocenters. The molecule has 0 unspecified atom stereocenters. The van der Waals surface area contributed by atoms with Crippen LogP contribution in [0, 0.1) is 0 Å². The number of hydrogen-bond donors (Lipinski definition) is 0. The summed E-state index contributed by atoms with van der Waals surface area (Å²) in [6.45, 7) is 0. The Labute approximate surface area is 142 Å². The van der Waals surface area contributed by atoms with Gasteiger partial charge >= 0.3 is 0 Å². The van der Waals surface area contributed by atoms with E-state index in [1.165, 1.54) is 0 Å². The van der Waals surface area contributed by atoms with E-state index < -0.39 is 0 Å². The molecule has 118 valence electrons. The third-order valence-electron chi connectivity index (χ3n) is 3.63. The van der Waals surface area contributed by atoms with Crippen LogP contribution < -0.4 is 4.74 Å². The van der Waals surface area contributed by atoms with Gasteiger partial charge in [-0.15, -0.1) is 10.2 Å². The standard InChI is InChI=1S/C17H12ClN5O/c1-24-14-8-4-11(5-9-14)15-10-19-23-16(21-22-17(23)20-15)12-2-6-13(18)7-3-12/h2-10H,1H3. The van der Waals surface area contributed by atoms with Gasteiger partial charge in [0.1, 0.15) is 5.75 Å². The zero-order valence-corrected chi connectivity index (χ0v) is 13.5. The molecule has 0 spiro atoms. The van der Waals surface area contributed by atoms with Gasteiger partial charge in [0.25, 0.3) is 5.78 Å². The fourth-order valence-corrected chi connectivity index (χ4v) is 2.50. The number of ether oxygens (including phenoxy) is 1. The molecule has 0 aliphatic carbocycles. The monoisotopic (exact) mass is 337 g/mol. The number of hydrogen-bond acceptors (Lipinski definition) is 5. The van der Waals surface area contributed by atoms with E-state index >= 15 is 0 Å². The molecule has 6 nitrogen and oxygen atoms in total. The third-order valence-corrected chi connectivity index (χ3v) is 3.88. The summed E-state index contributed by atoms with van der Waals surface area (Å²) in [4.78, 5) is 4.52. The van der Waals surface area contributed by atoms with Crippen LogP contribution in [0.1, 0.15) is 0 Å². The van der Waals surface area contributed by atoms with Crippen LogP contribution in [0.15, 0.2) is 54.7 Å². The first-order valence-electron chi connectivity index (χ1n) is 7.23. The van der Waals surface area contributed by atoms with Crippen molar-refractivity contribution in [1.82, 2.24) is 24.8 Å². The highest BCUT2D eigenvalue weighted by Gasteiger charge is 2.11. The molecule has 0 radical (unpaired) electrons. The molecule has 0 amide bonds. The van der Waals surface area contributed by atoms with E-state index in [-0.39, 0.29) is 0 Å². The largest absolute Gasteiger partial charge is 0.497 e. The van der Waals surface area contributed by atoms with Crippen molar-refractivity contribution in [3.8, 4) is 28.4 Å². The van der Waals surface area contributed by atoms with Gasteiger partial charge in [-0.3, -0.25) is 0 Å². The van der Waals surface area contributed by atoms with Gasteiger partial charge in [-0.05, 0) is 48.5 Å². The van der Waals surface area contributed by atoms with E-state index in [0.29, 0.717) is 16.6 Å². The second kappa shape index (κ2) is 5.90. The van der Waals surface area contributed by atoms with Crippen LogP contribution in [-0.2, 0) is 0 Å². The van der Waals surface area contributed by atoms with Crippen LogP contribution in [0.3, 0.4) is 0 Å². The van der Waals surface area contributed by atoms with Crippen LogP contribution in [0.4, 0.5) is 0 Å². The number of rotatable bonds is 3. The molecule has 0 fully saturated rings. The van der Waals surface area contributed by atoms with Gasteiger partial charge in [0.05, 0.1) is 19.0 Å². The second-order valence-electron chi connectivity index (χ2n) is 5.11. The van der Waals surface area contributed by atoms with E-state index in [0.717, 1.165) is 22.6 Å². The summed E-state index contributed by atoms with van der Waals surface area (Å²) in [5.74, 6) is 1.85. The molecule has 0 saturated heterocycles. The quantitative estimate of drug-likeness (QED) is 0.572. The van der Waals surface area contributed by atoms with Gasteiger partial charge < -0.3 is 4.74 Å². The van der Waals surface area contributed by atoms with Crippen molar-refractivity contribution in [2.45, 2.75) is 0 Å². The van der Waals surface area contributed by atoms with E-state index in [9.17, 15) is 0 Å². The number of halogens is 1. The normalized spacial score (nSPS) is 10.9. The molecule has 2 aromatic carbocycles. The Morgan fingerprint density at radius 2 is 1.62 bits per heavy atom. The summed E-state index contributed by atoms with van der Waals surface area (Å²) in [5, 5.41) is 13.4. The smallest absolute Gasteiger partial charge is 0.272 e. The molecular formula is C17H12ClN5O. The Morgan fingerprint density at radius 1 is 0.917 bits per heavy atom. The fraction of sp³-hybridized carbons (Fsp3) is 0.0588. The van der Waals surface area contributed by atoms with Crippen molar-refractivity contribution < 1.29 is 4.74 Å². The minimum atomic E-state index is 0.438. The Bertz CT molecular complexity index is 996. The summed E-state index contributed by atoms with van der Waals surface area (Å²) in [6.07, 6.45) is 1.69. The Kier molecular flexibility index (Phi) is 3.59. The minimum Gasteiger partial charge on any atom is -0.497 e. The maximum Gasteiger partial charge on any atom is 0.272 e. The molecule has 0 aliphatic rings. The van der Waals surface area contributed by atoms with Crippen LogP contribution in [0.25, 0.3) is 28.4 Å². The molecule has 0 aliphatic heterocycles. The van der Waals surface area contributed by atoms with Crippen molar-refractivity contribution in [2.24, 2.45) is 0 Å². The Morgan fingerprint density at radius 3 is 2.33 bits per heavy atom.